The first-order chi connectivity index (χ1) is 19.6. The van der Waals surface area contributed by atoms with Crippen LogP contribution in [0.5, 0.6) is 0 Å². The van der Waals surface area contributed by atoms with Gasteiger partial charge in [0.25, 0.3) is 5.91 Å². The second kappa shape index (κ2) is 14.1. The number of amides is 1. The molecule has 1 amide bonds. The van der Waals surface area contributed by atoms with Crippen LogP contribution in [0, 0.1) is 0 Å². The van der Waals surface area contributed by atoms with Crippen LogP contribution in [0.3, 0.4) is 0 Å². The number of hydrogen-bond acceptors (Lipinski definition) is 6. The summed E-state index contributed by atoms with van der Waals surface area (Å²) in [7, 11) is 0.943. The first kappa shape index (κ1) is 31.4. The summed E-state index contributed by atoms with van der Waals surface area (Å²) in [5.74, 6) is 0.0737. The molecule has 1 fully saturated rings. The van der Waals surface area contributed by atoms with E-state index in [9.17, 15) is 9.00 Å². The summed E-state index contributed by atoms with van der Waals surface area (Å²) in [6.07, 6.45) is 7.21. The fourth-order valence-electron chi connectivity index (χ4n) is 5.26. The van der Waals surface area contributed by atoms with Crippen molar-refractivity contribution in [2.75, 3.05) is 25.5 Å². The van der Waals surface area contributed by atoms with Gasteiger partial charge in [0.15, 0.2) is 0 Å². The molecule has 1 saturated heterocycles. The van der Waals surface area contributed by atoms with Gasteiger partial charge in [0.2, 0.25) is 0 Å². The van der Waals surface area contributed by atoms with Crippen LogP contribution in [-0.4, -0.2) is 56.5 Å². The number of fused-ring (bicyclic) bond motifs is 1. The van der Waals surface area contributed by atoms with Gasteiger partial charge in [-0.15, -0.1) is 24.8 Å². The quantitative estimate of drug-likeness (QED) is 0.212. The van der Waals surface area contributed by atoms with Gasteiger partial charge in [-0.2, -0.15) is 0 Å². The van der Waals surface area contributed by atoms with E-state index < -0.39 is 10.8 Å². The van der Waals surface area contributed by atoms with E-state index in [1.807, 2.05) is 77.5 Å². The monoisotopic (exact) mass is 625 g/mol. The Morgan fingerprint density at radius 1 is 1.00 bits per heavy atom. The minimum Gasteiger partial charge on any atom is -0.392 e. The number of nitrogens with zero attached hydrogens (tertiary/aromatic N) is 4. The van der Waals surface area contributed by atoms with Crippen molar-refractivity contribution < 1.29 is 13.8 Å². The van der Waals surface area contributed by atoms with Crippen molar-refractivity contribution in [3.8, 4) is 0 Å². The average Bonchev–Trinajstić information content (AvgIpc) is 3.53. The molecule has 0 aliphatic carbocycles. The lowest BCUT2D eigenvalue weighted by atomic mass is 10.0. The third-order valence-corrected chi connectivity index (χ3v) is 8.97. The summed E-state index contributed by atoms with van der Waals surface area (Å²) in [6, 6.07) is 23.1. The molecule has 0 saturated carbocycles. The molecule has 42 heavy (non-hydrogen) atoms. The number of nitrogens with one attached hydrogen (secondary N) is 1. The van der Waals surface area contributed by atoms with Crippen molar-refractivity contribution in [1.29, 1.82) is 0 Å². The Hall–Kier alpha value is -3.50. The number of anilines is 1. The van der Waals surface area contributed by atoms with Gasteiger partial charge in [0, 0.05) is 59.8 Å². The summed E-state index contributed by atoms with van der Waals surface area (Å²) >= 11 is 0. The Bertz CT molecular complexity index is 1560. The normalized spacial score (nSPS) is 18.8. The number of halogens is 2. The number of piperidine rings is 1. The van der Waals surface area contributed by atoms with Crippen LogP contribution in [-0.2, 0) is 21.4 Å². The van der Waals surface area contributed by atoms with E-state index in [2.05, 4.69) is 27.4 Å². The van der Waals surface area contributed by atoms with E-state index in [0.717, 1.165) is 54.0 Å². The lowest BCUT2D eigenvalue weighted by Gasteiger charge is -2.27. The second-order valence-electron chi connectivity index (χ2n) is 10.2. The summed E-state index contributed by atoms with van der Waals surface area (Å²) in [5, 5.41) is 7.31. The largest absolute Gasteiger partial charge is 0.392 e. The summed E-state index contributed by atoms with van der Waals surface area (Å²) in [5.41, 5.74) is 5.30. The molecular formula is C31H33Cl2N5O3S. The van der Waals surface area contributed by atoms with Gasteiger partial charge in [-0.3, -0.25) is 14.0 Å². The minimum atomic E-state index is -1.18. The van der Waals surface area contributed by atoms with Crippen molar-refractivity contribution in [2.24, 2.45) is 5.16 Å². The van der Waals surface area contributed by atoms with Gasteiger partial charge in [0.05, 0.1) is 22.1 Å². The van der Waals surface area contributed by atoms with Crippen LogP contribution in [0.15, 0.2) is 96.5 Å². The summed E-state index contributed by atoms with van der Waals surface area (Å²) < 4.78 is 14.9. The maximum absolute atomic E-state index is 13.4. The standard InChI is InChI=1S/C31H31N5O3S.2ClH/c1-35-16-12-26(13-17-35)39-34-29(22-7-3-2-4-8-22)23-9-5-11-25(19-23)33-30(37)27-14-18-36-28(27)21-40(38)31(36)24-10-6-15-32-20-24;;/h2-11,14-15,18-20,26,31H,12-13,16-17,21H2,1H3,(H,33,37);2*1H/t31-,40?;;/m1../s1. The molecule has 4 aromatic rings. The molecule has 11 heteroatoms. The molecule has 2 aromatic heterocycles. The molecule has 0 radical (unpaired) electrons. The average molecular weight is 627 g/mol. The Labute approximate surface area is 260 Å². The maximum atomic E-state index is 13.4. The molecule has 6 rings (SSSR count). The van der Waals surface area contributed by atoms with Crippen molar-refractivity contribution in [3.63, 3.8) is 0 Å². The van der Waals surface area contributed by atoms with Gasteiger partial charge in [-0.05, 0) is 44.2 Å². The molecular weight excluding hydrogens is 593 g/mol. The first-order valence-electron chi connectivity index (χ1n) is 13.4. The summed E-state index contributed by atoms with van der Waals surface area (Å²) in [4.78, 5) is 25.9. The number of pyridine rings is 1. The summed E-state index contributed by atoms with van der Waals surface area (Å²) in [6.45, 7) is 1.98. The molecule has 0 bridgehead atoms. The van der Waals surface area contributed by atoms with Gasteiger partial charge in [0.1, 0.15) is 17.2 Å². The Morgan fingerprint density at radius 2 is 1.76 bits per heavy atom. The van der Waals surface area contributed by atoms with Crippen molar-refractivity contribution in [3.05, 3.63) is 119 Å². The molecule has 4 heterocycles. The highest BCUT2D eigenvalue weighted by molar-refractivity contribution is 7.84. The number of rotatable bonds is 7. The highest BCUT2D eigenvalue weighted by Gasteiger charge is 2.33. The number of carbonyl (C=O) groups excluding carboxylic acids is 1. The number of benzene rings is 2. The number of carbonyl (C=O) groups is 1. The molecule has 2 aliphatic heterocycles. The third-order valence-electron chi connectivity index (χ3n) is 7.42. The van der Waals surface area contributed by atoms with Gasteiger partial charge < -0.3 is 19.6 Å². The van der Waals surface area contributed by atoms with Crippen LogP contribution >= 0.6 is 24.8 Å². The minimum absolute atomic E-state index is 0. The van der Waals surface area contributed by atoms with Crippen molar-refractivity contribution in [2.45, 2.75) is 30.1 Å². The van der Waals surface area contributed by atoms with Crippen LogP contribution in [0.25, 0.3) is 0 Å². The Kier molecular flexibility index (Phi) is 10.6. The SMILES string of the molecule is CN1CCC(ON=C(c2ccccc2)c2cccc(NC(=O)c3ccn4c3CS(=O)[C@@H]4c3cccnc3)c2)CC1.Cl.Cl. The van der Waals surface area contributed by atoms with Crippen LogP contribution in [0.4, 0.5) is 5.69 Å². The zero-order valence-corrected chi connectivity index (χ0v) is 25.5. The number of likely N-dealkylation sites (tertiary alicyclic amines) is 1. The molecule has 2 aromatic carbocycles. The molecule has 2 atom stereocenters. The second-order valence-corrected chi connectivity index (χ2v) is 11.7. The first-order valence-corrected chi connectivity index (χ1v) is 14.8. The zero-order valence-electron chi connectivity index (χ0n) is 23.1. The van der Waals surface area contributed by atoms with Gasteiger partial charge in [-0.25, -0.2) is 0 Å². The predicted octanol–water partition coefficient (Wildman–Crippen LogP) is 5.65. The highest BCUT2D eigenvalue weighted by Crippen LogP contribution is 2.34. The number of oxime groups is 1. The highest BCUT2D eigenvalue weighted by atomic mass is 35.5. The van der Waals surface area contributed by atoms with E-state index in [1.165, 1.54) is 0 Å². The van der Waals surface area contributed by atoms with Gasteiger partial charge in [-0.1, -0.05) is 53.7 Å². The van der Waals surface area contributed by atoms with Crippen LogP contribution in [0.1, 0.15) is 51.0 Å². The van der Waals surface area contributed by atoms with Crippen molar-refractivity contribution >= 4 is 52.9 Å². The molecule has 2 aliphatic rings. The molecule has 1 unspecified atom stereocenters. The fraction of sp³-hybridized carbons (Fsp3) is 0.258. The van der Waals surface area contributed by atoms with E-state index in [4.69, 9.17) is 4.84 Å². The Balaban J connectivity index is 0.00000202. The third kappa shape index (κ3) is 6.76. The molecule has 1 N–H and O–H groups in total. The van der Waals surface area contributed by atoms with Crippen LogP contribution < -0.4 is 5.32 Å². The lowest BCUT2D eigenvalue weighted by molar-refractivity contribution is 0.0163. The van der Waals surface area contributed by atoms with E-state index >= 15 is 0 Å². The smallest absolute Gasteiger partial charge is 0.257 e. The van der Waals surface area contributed by atoms with Crippen LogP contribution in [0.2, 0.25) is 0 Å². The topological polar surface area (TPSA) is 88.8 Å². The number of hydrogen-bond donors (Lipinski definition) is 1. The van der Waals surface area contributed by atoms with E-state index in [0.29, 0.717) is 17.0 Å². The maximum Gasteiger partial charge on any atom is 0.257 e. The van der Waals surface area contributed by atoms with E-state index in [-0.39, 0.29) is 42.2 Å². The molecule has 8 nitrogen and oxygen atoms in total. The predicted molar refractivity (Wildman–Crippen MR) is 171 cm³/mol. The molecule has 220 valence electrons. The Morgan fingerprint density at radius 3 is 2.50 bits per heavy atom. The molecule has 0 spiro atoms. The van der Waals surface area contributed by atoms with E-state index in [1.54, 1.807) is 18.5 Å². The number of aromatic nitrogens is 2. The van der Waals surface area contributed by atoms with Gasteiger partial charge >= 0.3 is 0 Å². The lowest BCUT2D eigenvalue weighted by Crippen LogP contribution is -2.33. The fourth-order valence-corrected chi connectivity index (χ4v) is 6.89. The van der Waals surface area contributed by atoms with Crippen molar-refractivity contribution in [1.82, 2.24) is 14.5 Å². The zero-order chi connectivity index (χ0) is 27.5.